The highest BCUT2D eigenvalue weighted by molar-refractivity contribution is 5.70. The lowest BCUT2D eigenvalue weighted by atomic mass is 10.4. The molecule has 2 aromatic rings. The van der Waals surface area contributed by atoms with Gasteiger partial charge in [-0.15, -0.1) is 0 Å². The Balaban J connectivity index is 2.83. The van der Waals surface area contributed by atoms with Gasteiger partial charge < -0.3 is 4.57 Å². The lowest BCUT2D eigenvalue weighted by Crippen LogP contribution is -2.20. The summed E-state index contributed by atoms with van der Waals surface area (Å²) in [6, 6.07) is 0.240. The molecule has 0 aromatic carbocycles. The second-order valence-corrected chi connectivity index (χ2v) is 4.23. The third-order valence-corrected chi connectivity index (χ3v) is 2.66. The molecule has 0 N–H and O–H groups in total. The molecule has 0 aliphatic carbocycles. The first-order chi connectivity index (χ1) is 8.06. The van der Waals surface area contributed by atoms with E-state index in [9.17, 15) is 4.79 Å². The van der Waals surface area contributed by atoms with Crippen molar-refractivity contribution in [2.45, 2.75) is 33.7 Å². The Bertz CT molecular complexity index is 634. The van der Waals surface area contributed by atoms with E-state index >= 15 is 0 Å². The van der Waals surface area contributed by atoms with E-state index < -0.39 is 0 Å². The van der Waals surface area contributed by atoms with Crippen molar-refractivity contribution in [3.05, 3.63) is 28.6 Å². The molecular formula is C12H16N4O. The van der Waals surface area contributed by atoms with E-state index in [0.29, 0.717) is 17.0 Å². The summed E-state index contributed by atoms with van der Waals surface area (Å²) in [5.74, 6) is 0.669. The van der Waals surface area contributed by atoms with Crippen molar-refractivity contribution in [2.24, 2.45) is 0 Å². The van der Waals surface area contributed by atoms with Crippen LogP contribution in [0.2, 0.25) is 0 Å². The molecule has 0 saturated carbocycles. The van der Waals surface area contributed by atoms with Crippen molar-refractivity contribution in [2.75, 3.05) is 0 Å². The largest absolute Gasteiger partial charge is 0.313 e. The third-order valence-electron chi connectivity index (χ3n) is 2.66. The zero-order valence-corrected chi connectivity index (χ0v) is 10.5. The van der Waals surface area contributed by atoms with Crippen LogP contribution in [0.4, 0.5) is 0 Å². The first-order valence-electron chi connectivity index (χ1n) is 5.64. The molecule has 5 heteroatoms. The first-order valence-corrected chi connectivity index (χ1v) is 5.64. The Morgan fingerprint density at radius 1 is 1.41 bits per heavy atom. The summed E-state index contributed by atoms with van der Waals surface area (Å²) in [5, 5.41) is 0. The molecule has 2 rings (SSSR count). The van der Waals surface area contributed by atoms with Crippen LogP contribution in [0.3, 0.4) is 0 Å². The van der Waals surface area contributed by atoms with Gasteiger partial charge in [0.2, 0.25) is 0 Å². The van der Waals surface area contributed by atoms with Crippen LogP contribution in [0.15, 0.2) is 17.2 Å². The fraction of sp³-hybridized carbons (Fsp3) is 0.417. The highest BCUT2D eigenvalue weighted by atomic mass is 16.1. The minimum atomic E-state index is -0.120. The molecule has 0 spiro atoms. The zero-order chi connectivity index (χ0) is 12.6. The van der Waals surface area contributed by atoms with E-state index in [-0.39, 0.29) is 11.6 Å². The highest BCUT2D eigenvalue weighted by Gasteiger charge is 2.13. The van der Waals surface area contributed by atoms with Gasteiger partial charge in [0, 0.05) is 12.2 Å². The monoisotopic (exact) mass is 232 g/mol. The molecule has 2 aromatic heterocycles. The average Bonchev–Trinajstić information content (AvgIpc) is 2.68. The summed E-state index contributed by atoms with van der Waals surface area (Å²) >= 11 is 0. The maximum Gasteiger partial charge on any atom is 0.285 e. The van der Waals surface area contributed by atoms with Crippen molar-refractivity contribution in [1.29, 1.82) is 0 Å². The molecule has 0 atom stereocenters. The average molecular weight is 232 g/mol. The maximum atomic E-state index is 12.2. The van der Waals surface area contributed by atoms with Crippen molar-refractivity contribution in [1.82, 2.24) is 19.1 Å². The van der Waals surface area contributed by atoms with Crippen molar-refractivity contribution < 1.29 is 0 Å². The molecule has 0 saturated heterocycles. The number of nitrogens with zero attached hydrogens (tertiary/aromatic N) is 4. The molecule has 0 aliphatic rings. The fourth-order valence-electron chi connectivity index (χ4n) is 1.79. The summed E-state index contributed by atoms with van der Waals surface area (Å²) in [6.07, 6.45) is 5.18. The molecule has 2 heterocycles. The van der Waals surface area contributed by atoms with Crippen LogP contribution >= 0.6 is 0 Å². The van der Waals surface area contributed by atoms with Gasteiger partial charge in [0.05, 0.1) is 6.33 Å². The molecule has 17 heavy (non-hydrogen) atoms. The number of imidazole rings is 1. The first kappa shape index (κ1) is 11.6. The number of hydrogen-bond donors (Lipinski definition) is 0. The normalized spacial score (nSPS) is 12.1. The number of aryl methyl sites for hydroxylation is 1. The van der Waals surface area contributed by atoms with Crippen LogP contribution in [0, 0.1) is 6.92 Å². The fourth-order valence-corrected chi connectivity index (χ4v) is 1.79. The zero-order valence-electron chi connectivity index (χ0n) is 10.5. The maximum absolute atomic E-state index is 12.2. The predicted molar refractivity (Wildman–Crippen MR) is 67.9 cm³/mol. The summed E-state index contributed by atoms with van der Waals surface area (Å²) in [6.45, 7) is 7.76. The van der Waals surface area contributed by atoms with Gasteiger partial charge in [-0.3, -0.25) is 9.36 Å². The summed E-state index contributed by atoms with van der Waals surface area (Å²) < 4.78 is 3.42. The smallest absolute Gasteiger partial charge is 0.285 e. The summed E-state index contributed by atoms with van der Waals surface area (Å²) in [7, 11) is 0. The Hall–Kier alpha value is -1.91. The topological polar surface area (TPSA) is 52.7 Å². The molecule has 0 radical (unpaired) electrons. The van der Waals surface area contributed by atoms with Gasteiger partial charge in [-0.2, -0.15) is 0 Å². The molecule has 0 aliphatic heterocycles. The van der Waals surface area contributed by atoms with Gasteiger partial charge >= 0.3 is 0 Å². The highest BCUT2D eigenvalue weighted by Crippen LogP contribution is 2.13. The van der Waals surface area contributed by atoms with E-state index in [2.05, 4.69) is 9.97 Å². The summed E-state index contributed by atoms with van der Waals surface area (Å²) in [5.41, 5.74) is 0.954. The van der Waals surface area contributed by atoms with Crippen LogP contribution in [0.5, 0.6) is 0 Å². The van der Waals surface area contributed by atoms with Gasteiger partial charge in [0.15, 0.2) is 11.2 Å². The van der Waals surface area contributed by atoms with Crippen molar-refractivity contribution in [3.8, 4) is 0 Å². The van der Waals surface area contributed by atoms with Gasteiger partial charge in [-0.05, 0) is 27.7 Å². The molecule has 0 bridgehead atoms. The predicted octanol–water partition coefficient (Wildman–Crippen LogP) is 1.97. The van der Waals surface area contributed by atoms with E-state index in [4.69, 9.17) is 0 Å². The number of fused-ring (bicyclic) bond motifs is 1. The third kappa shape index (κ3) is 1.77. The second-order valence-electron chi connectivity index (χ2n) is 4.23. The Morgan fingerprint density at radius 3 is 2.71 bits per heavy atom. The van der Waals surface area contributed by atoms with Gasteiger partial charge in [-0.1, -0.05) is 6.08 Å². The Morgan fingerprint density at radius 2 is 2.12 bits per heavy atom. The minimum absolute atomic E-state index is 0.120. The molecule has 0 fully saturated rings. The van der Waals surface area contributed by atoms with E-state index in [1.807, 2.05) is 32.3 Å². The molecular weight excluding hydrogens is 216 g/mol. The molecule has 0 amide bonds. The van der Waals surface area contributed by atoms with E-state index in [1.54, 1.807) is 18.6 Å². The van der Waals surface area contributed by atoms with Crippen LogP contribution in [0.1, 0.15) is 32.6 Å². The quantitative estimate of drug-likeness (QED) is 0.795. The standard InChI is InChI=1S/C12H16N4O/c1-5-6-15-9(4)14-11-10(12(15)17)13-7-16(11)8(2)3/h5-8H,1-4H3/b6-5-. The van der Waals surface area contributed by atoms with Crippen LogP contribution < -0.4 is 5.56 Å². The lowest BCUT2D eigenvalue weighted by molar-refractivity contribution is 0.611. The molecule has 90 valence electrons. The number of hydrogen-bond acceptors (Lipinski definition) is 3. The van der Waals surface area contributed by atoms with Gasteiger partial charge in [0.25, 0.3) is 5.56 Å². The van der Waals surface area contributed by atoms with Crippen LogP contribution in [-0.4, -0.2) is 19.1 Å². The van der Waals surface area contributed by atoms with Crippen molar-refractivity contribution >= 4 is 17.4 Å². The van der Waals surface area contributed by atoms with Crippen LogP contribution in [0.25, 0.3) is 17.4 Å². The van der Waals surface area contributed by atoms with E-state index in [1.165, 1.54) is 4.57 Å². The number of rotatable bonds is 2. The number of aromatic nitrogens is 4. The SMILES string of the molecule is C/C=C\n1c(C)nc2c(ncn2C(C)C)c1=O. The number of allylic oxidation sites excluding steroid dienone is 1. The second kappa shape index (κ2) is 4.16. The Kier molecular flexibility index (Phi) is 2.83. The Labute approximate surface area is 99.4 Å². The van der Waals surface area contributed by atoms with Gasteiger partial charge in [0.1, 0.15) is 5.82 Å². The van der Waals surface area contributed by atoms with Gasteiger partial charge in [-0.25, -0.2) is 9.97 Å². The van der Waals surface area contributed by atoms with E-state index in [0.717, 1.165) is 0 Å². The van der Waals surface area contributed by atoms with Crippen LogP contribution in [-0.2, 0) is 0 Å². The lowest BCUT2D eigenvalue weighted by Gasteiger charge is -2.08. The molecule has 5 nitrogen and oxygen atoms in total. The minimum Gasteiger partial charge on any atom is -0.313 e. The summed E-state index contributed by atoms with van der Waals surface area (Å²) in [4.78, 5) is 20.8. The van der Waals surface area contributed by atoms with Crippen molar-refractivity contribution in [3.63, 3.8) is 0 Å². The molecule has 0 unspecified atom stereocenters.